The standard InChI is InChI=1S/C15H22O3.C15H22O2.C15H20O2.C14H18O3.C11H14O3.C7H6O3.C4H11NOS.C4H8.CH4BClS.CH4/c1-14(2,3)17-12-8-7-11(10-16)9-13(12)18-15(4,5)6;2*1-11-6-8-13(9-7-12(2)16)10-14(11)17-15(3,4)5;1-10(15)5-6-11-7-8-12(16)13(9-11)17-14(2,3)4;1-11(2,3)14-10-6-8(7-12)4-5-9(10)13;8-4-5-1-2-6(9)7(10)3-5;1-4(2,3)7(5)6;1-4(2)3;1-2-4-3;/h7-10H,1-6H3;6,8,10H,7,9H2,1-5H3;6-10H,1-5H3;5-9,16H,1-4H3;4-7,13H,1-3H3;1-4,9-10H;5H2,1-3H3;1H2,2-3H3;2H,1H3;1H4/b;;9-7+;6-5+;;;;;;/t;;;;;;7-;;;/m......0.../s1/i;;;;;;;;2T;. The van der Waals surface area contributed by atoms with Crippen LogP contribution in [0, 0.1) is 13.8 Å². The third-order valence-corrected chi connectivity index (χ3v) is 13.7. The van der Waals surface area contributed by atoms with Crippen molar-refractivity contribution in [1.82, 2.24) is 0 Å². The molecule has 0 bridgehead atoms. The smallest absolute Gasteiger partial charge is 0.209 e. The van der Waals surface area contributed by atoms with E-state index in [1.54, 1.807) is 68.4 Å². The van der Waals surface area contributed by atoms with E-state index in [9.17, 15) is 43.2 Å². The van der Waals surface area contributed by atoms with E-state index in [2.05, 4.69) is 18.7 Å². The second kappa shape index (κ2) is 51.0. The van der Waals surface area contributed by atoms with Crippen LogP contribution in [0.4, 0.5) is 0 Å². The third kappa shape index (κ3) is 58.1. The first-order chi connectivity index (χ1) is 49.5. The minimum atomic E-state index is -1.18. The number of nitrogens with two attached hydrogens (primary N) is 1. The molecule has 0 saturated carbocycles. The van der Waals surface area contributed by atoms with Gasteiger partial charge >= 0.3 is 0 Å². The van der Waals surface area contributed by atoms with Crippen molar-refractivity contribution in [2.75, 3.05) is 0 Å². The predicted molar refractivity (Wildman–Crippen MR) is 457 cm³/mol. The number of aryl methyl sites for hydroxylation is 3. The molecule has 6 rings (SSSR count). The Balaban J connectivity index is -0.000000591. The minimum Gasteiger partial charge on any atom is -0.504 e. The molecule has 0 aliphatic carbocycles. The molecular weight excluding hydrogens is 1440 g/mol. The van der Waals surface area contributed by atoms with Gasteiger partial charge in [-0.3, -0.25) is 29.1 Å². The summed E-state index contributed by atoms with van der Waals surface area (Å²) >= 11 is 0. The van der Waals surface area contributed by atoms with Gasteiger partial charge in [0.2, 0.25) is 6.52 Å². The number of hydrogen-bond donors (Lipinski definition) is 5. The molecule has 0 fully saturated rings. The summed E-state index contributed by atoms with van der Waals surface area (Å²) < 4.78 is 51.3. The summed E-state index contributed by atoms with van der Waals surface area (Å²) in [5.41, 5.74) is 5.94. The molecule has 606 valence electrons. The Bertz CT molecular complexity index is 3830. The number of phenols is 4. The third-order valence-electron chi connectivity index (χ3n) is 11.8. The van der Waals surface area contributed by atoms with Crippen LogP contribution in [0.5, 0.6) is 57.5 Å². The van der Waals surface area contributed by atoms with Crippen LogP contribution in [-0.2, 0) is 31.8 Å². The SMILES string of the molecule is C.C=C(C)C.CC(=O)/C=C/c1ccc(C)c(OC(C)(C)C)c1.CC(=O)/C=C/c1ccc(O)c(OC(C)(C)C)c1.CC(=O)CCc1ccc(C)c(OC(C)(C)C)c1.CC(C)(C)Oc1cc(C=O)ccc1O.CC(C)(C)Oc1ccc(C=O)cc1OC(C)(C)C.CC(C)(C)[S@@](N)=O.O=Cc1ccc(O)c(O)c1.[3H]B(C)SCl. The largest absolute Gasteiger partial charge is 0.504 e. The van der Waals surface area contributed by atoms with Crippen molar-refractivity contribution in [2.24, 2.45) is 5.14 Å². The molecule has 0 aliphatic heterocycles. The number of carbonyl (C=O) groups is 6. The van der Waals surface area contributed by atoms with Gasteiger partial charge in [-0.05, 0) is 320 Å². The first-order valence-electron chi connectivity index (χ1n) is 35.5. The molecule has 0 aliphatic rings. The highest BCUT2D eigenvalue weighted by molar-refractivity contribution is 8.39. The normalized spacial score (nSPS) is 11.4. The maximum absolute atomic E-state index is 11.0. The number of ketones is 3. The summed E-state index contributed by atoms with van der Waals surface area (Å²) in [6, 6.07) is 30.7. The Morgan fingerprint density at radius 3 is 1.07 bits per heavy atom. The number of hydrogen-bond acceptors (Lipinski definition) is 18. The highest BCUT2D eigenvalue weighted by Gasteiger charge is 2.22. The fourth-order valence-corrected chi connectivity index (χ4v) is 7.24. The van der Waals surface area contributed by atoms with Crippen LogP contribution in [0.25, 0.3) is 12.2 Å². The molecule has 0 spiro atoms. The highest BCUT2D eigenvalue weighted by Crippen LogP contribution is 2.35. The molecule has 0 heterocycles. The number of ether oxygens (including phenoxy) is 6. The average molecular weight is 1570 g/mol. The number of aromatic hydroxyl groups is 4. The summed E-state index contributed by atoms with van der Waals surface area (Å²) in [5.74, 6) is 3.70. The van der Waals surface area contributed by atoms with Crippen LogP contribution in [-0.4, -0.2) is 107 Å². The zero-order valence-electron chi connectivity index (χ0n) is 70.5. The number of carbonyl (C=O) groups excluding carboxylic acids is 6. The van der Waals surface area contributed by atoms with Crippen LogP contribution in [0.3, 0.4) is 0 Å². The molecule has 6 aromatic carbocycles. The predicted octanol–water partition coefficient (Wildman–Crippen LogP) is 21.7. The van der Waals surface area contributed by atoms with Crippen molar-refractivity contribution < 1.29 is 81.8 Å². The molecule has 6 aromatic rings. The Kier molecular flexibility index (Phi) is 48.9. The van der Waals surface area contributed by atoms with Crippen LogP contribution >= 0.6 is 21.5 Å². The summed E-state index contributed by atoms with van der Waals surface area (Å²) in [6.07, 6.45) is 10.0. The van der Waals surface area contributed by atoms with Gasteiger partial charge in [0, 0.05) is 23.1 Å². The number of Topliss-reactive ketones (excluding diaryl/α,β-unsaturated/α-hetero) is 1. The first kappa shape index (κ1) is 105. The van der Waals surface area contributed by atoms with Crippen LogP contribution in [0.2, 0.25) is 6.82 Å². The van der Waals surface area contributed by atoms with Gasteiger partial charge in [0.25, 0.3) is 0 Å². The van der Waals surface area contributed by atoms with Gasteiger partial charge in [0.05, 0.1) is 15.7 Å². The second-order valence-electron chi connectivity index (χ2n) is 31.7. The van der Waals surface area contributed by atoms with Crippen molar-refractivity contribution in [1.29, 1.82) is 1.34 Å². The van der Waals surface area contributed by atoms with Crippen molar-refractivity contribution in [3.63, 3.8) is 0 Å². The first-order valence-corrected chi connectivity index (χ1v) is 37.8. The summed E-state index contributed by atoms with van der Waals surface area (Å²) in [7, 11) is 4.90. The zero-order valence-corrected chi connectivity index (χ0v) is 71.9. The van der Waals surface area contributed by atoms with Crippen LogP contribution < -0.4 is 33.6 Å². The van der Waals surface area contributed by atoms with Crippen molar-refractivity contribution in [3.05, 3.63) is 178 Å². The highest BCUT2D eigenvalue weighted by atomic mass is 35.7. The van der Waals surface area contributed by atoms with Gasteiger partial charge in [-0.25, -0.2) is 4.21 Å². The number of allylic oxidation sites excluding steroid dienone is 3. The molecule has 0 aromatic heterocycles. The fourth-order valence-electron chi connectivity index (χ4n) is 7.24. The summed E-state index contributed by atoms with van der Waals surface area (Å²) in [4.78, 5) is 64.1. The molecule has 0 unspecified atom stereocenters. The lowest BCUT2D eigenvalue weighted by molar-refractivity contribution is -0.117. The molecule has 6 N–H and O–H groups in total. The van der Waals surface area contributed by atoms with Gasteiger partial charge in [-0.2, -0.15) is 0 Å². The minimum absolute atomic E-state index is 0. The lowest BCUT2D eigenvalue weighted by atomic mass is 10.0. The number of benzene rings is 6. The second-order valence-corrected chi connectivity index (χ2v) is 34.7. The maximum Gasteiger partial charge on any atom is 0.209 e. The van der Waals surface area contributed by atoms with Crippen LogP contribution in [0.1, 0.15) is 253 Å². The fraction of sp³-hybridized carbons (Fsp3) is 0.448. The maximum atomic E-state index is 11.0. The van der Waals surface area contributed by atoms with Gasteiger partial charge in [0.15, 0.2) is 57.6 Å². The lowest BCUT2D eigenvalue weighted by Crippen LogP contribution is -2.27. The average Bonchev–Trinajstić information content (AvgIpc) is 0.817. The van der Waals surface area contributed by atoms with Gasteiger partial charge in [0.1, 0.15) is 69.7 Å². The number of rotatable bonds is 17. The molecule has 0 saturated heterocycles. The lowest BCUT2D eigenvalue weighted by Gasteiger charge is -2.27. The van der Waals surface area contributed by atoms with E-state index in [-0.39, 0.29) is 92.6 Å². The Morgan fingerprint density at radius 1 is 0.468 bits per heavy atom. The van der Waals surface area contributed by atoms with E-state index in [4.69, 9.17) is 55.8 Å². The van der Waals surface area contributed by atoms with Gasteiger partial charge < -0.3 is 53.6 Å². The molecule has 0 radical (unpaired) electrons. The number of phenolic OH excluding ortho intramolecular Hbond substituents is 4. The van der Waals surface area contributed by atoms with Crippen molar-refractivity contribution >= 4 is 87.4 Å². The number of halogens is 1. The van der Waals surface area contributed by atoms with E-state index < -0.39 is 11.0 Å². The van der Waals surface area contributed by atoms with E-state index in [1.807, 2.05) is 197 Å². The molecule has 1 atom stereocenters. The van der Waals surface area contributed by atoms with E-state index >= 15 is 0 Å². The van der Waals surface area contributed by atoms with E-state index in [0.717, 1.165) is 69.1 Å². The van der Waals surface area contributed by atoms with Gasteiger partial charge in [-0.1, -0.05) is 73.0 Å². The molecule has 18 nitrogen and oxygen atoms in total. The Morgan fingerprint density at radius 2 is 0.743 bits per heavy atom. The molecule has 0 amide bonds. The van der Waals surface area contributed by atoms with E-state index in [0.29, 0.717) is 52.4 Å². The van der Waals surface area contributed by atoms with E-state index in [1.165, 1.54) is 61.9 Å². The summed E-state index contributed by atoms with van der Waals surface area (Å²) in [6.45, 7) is 58.6. The quantitative estimate of drug-likeness (QED) is 0.0186. The van der Waals surface area contributed by atoms with Gasteiger partial charge in [-0.15, -0.1) is 17.4 Å². The molecule has 22 heteroatoms. The zero-order chi connectivity index (χ0) is 85.4. The van der Waals surface area contributed by atoms with Crippen molar-refractivity contribution in [2.45, 2.75) is 259 Å². The Labute approximate surface area is 666 Å². The van der Waals surface area contributed by atoms with Crippen molar-refractivity contribution in [3.8, 4) is 57.5 Å². The molecule has 109 heavy (non-hydrogen) atoms. The van der Waals surface area contributed by atoms with Crippen LogP contribution in [0.15, 0.2) is 133 Å². The topological polar surface area (TPSA) is 282 Å². The monoisotopic (exact) mass is 1570 g/mol. The Hall–Kier alpha value is -8.63. The number of aldehydes is 3. The summed E-state index contributed by atoms with van der Waals surface area (Å²) in [5, 5.41) is 41.7. The molecular formula is C87H129BClNO17S2.